The number of phenols is 2. The van der Waals surface area contributed by atoms with E-state index < -0.39 is 5.97 Å². The second kappa shape index (κ2) is 14.9. The fraction of sp³-hybridized carbons (Fsp3) is 0.432. The molecule has 1 aliphatic heterocycles. The number of carbonyl (C=O) groups excluding carboxylic acids is 1. The molecule has 0 saturated carbocycles. The van der Waals surface area contributed by atoms with Crippen molar-refractivity contribution in [1.82, 2.24) is 0 Å². The molecule has 42 heavy (non-hydrogen) atoms. The molecule has 226 valence electrons. The first-order valence-corrected chi connectivity index (χ1v) is 15.1. The summed E-state index contributed by atoms with van der Waals surface area (Å²) in [5.74, 6) is 0.476. The molecule has 0 spiro atoms. The summed E-state index contributed by atoms with van der Waals surface area (Å²) < 4.78 is 12.3. The molecule has 0 radical (unpaired) electrons. The van der Waals surface area contributed by atoms with E-state index in [-0.39, 0.29) is 17.1 Å². The highest BCUT2D eigenvalue weighted by atomic mass is 16.5. The van der Waals surface area contributed by atoms with Crippen molar-refractivity contribution in [3.05, 3.63) is 87.5 Å². The Morgan fingerprint density at radius 2 is 1.60 bits per heavy atom. The molecule has 2 aromatic carbocycles. The summed E-state index contributed by atoms with van der Waals surface area (Å²) in [4.78, 5) is 12.5. The molecule has 0 amide bonds. The molecule has 2 N–H and O–H groups in total. The lowest BCUT2D eigenvalue weighted by Crippen LogP contribution is -2.36. The summed E-state index contributed by atoms with van der Waals surface area (Å²) in [6.07, 6.45) is 18.0. The van der Waals surface area contributed by atoms with E-state index in [1.165, 1.54) is 41.0 Å². The van der Waals surface area contributed by atoms with Gasteiger partial charge >= 0.3 is 5.97 Å². The zero-order valence-corrected chi connectivity index (χ0v) is 26.5. The van der Waals surface area contributed by atoms with E-state index in [1.54, 1.807) is 6.07 Å². The zero-order chi connectivity index (χ0) is 30.9. The third-order valence-electron chi connectivity index (χ3n) is 8.05. The largest absolute Gasteiger partial charge is 0.504 e. The van der Waals surface area contributed by atoms with Gasteiger partial charge in [0.15, 0.2) is 11.5 Å². The third-order valence-corrected chi connectivity index (χ3v) is 8.05. The Labute approximate surface area is 252 Å². The van der Waals surface area contributed by atoms with Gasteiger partial charge in [0.2, 0.25) is 0 Å². The topological polar surface area (TPSA) is 76.0 Å². The predicted octanol–water partition coefficient (Wildman–Crippen LogP) is 9.62. The van der Waals surface area contributed by atoms with Gasteiger partial charge in [0.25, 0.3) is 0 Å². The van der Waals surface area contributed by atoms with Crippen LogP contribution < -0.4 is 9.47 Å². The fourth-order valence-electron chi connectivity index (χ4n) is 5.15. The third kappa shape index (κ3) is 9.68. The number of rotatable bonds is 12. The quantitative estimate of drug-likeness (QED) is 0.0870. The van der Waals surface area contributed by atoms with Gasteiger partial charge in [-0.1, -0.05) is 41.0 Å². The molecule has 1 atom stereocenters. The van der Waals surface area contributed by atoms with Crippen LogP contribution >= 0.6 is 0 Å². The van der Waals surface area contributed by atoms with Gasteiger partial charge in [-0.15, -0.1) is 0 Å². The minimum Gasteiger partial charge on any atom is -0.504 e. The Morgan fingerprint density at radius 1 is 0.929 bits per heavy atom. The maximum absolute atomic E-state index is 12.5. The highest BCUT2D eigenvalue weighted by Gasteiger charge is 2.33. The molecule has 2 aromatic rings. The number of allylic oxidation sites excluding steroid dienone is 6. The predicted molar refractivity (Wildman–Crippen MR) is 172 cm³/mol. The van der Waals surface area contributed by atoms with E-state index >= 15 is 0 Å². The van der Waals surface area contributed by atoms with Crippen LogP contribution in [0.2, 0.25) is 0 Å². The Kier molecular flexibility index (Phi) is 11.7. The first-order valence-electron chi connectivity index (χ1n) is 15.1. The van der Waals surface area contributed by atoms with E-state index in [0.29, 0.717) is 11.3 Å². The van der Waals surface area contributed by atoms with Crippen LogP contribution in [0.5, 0.6) is 23.0 Å². The lowest BCUT2D eigenvalue weighted by Gasteiger charge is -2.37. The lowest BCUT2D eigenvalue weighted by molar-refractivity contribution is -0.128. The van der Waals surface area contributed by atoms with Crippen molar-refractivity contribution in [3.8, 4) is 23.0 Å². The highest BCUT2D eigenvalue weighted by Crippen LogP contribution is 2.42. The summed E-state index contributed by atoms with van der Waals surface area (Å²) in [5.41, 5.74) is 7.56. The normalized spacial score (nSPS) is 17.1. The summed E-state index contributed by atoms with van der Waals surface area (Å²) >= 11 is 0. The molecular formula is C37H48O5. The monoisotopic (exact) mass is 572 g/mol. The van der Waals surface area contributed by atoms with Crippen molar-refractivity contribution >= 4 is 12.0 Å². The molecule has 5 heteroatoms. The minimum atomic E-state index is -0.511. The van der Waals surface area contributed by atoms with Crippen molar-refractivity contribution in [2.24, 2.45) is 0 Å². The van der Waals surface area contributed by atoms with Crippen LogP contribution in [-0.4, -0.2) is 21.8 Å². The van der Waals surface area contributed by atoms with E-state index in [2.05, 4.69) is 52.8 Å². The van der Waals surface area contributed by atoms with Gasteiger partial charge in [-0.25, -0.2) is 4.79 Å². The molecule has 0 fully saturated rings. The van der Waals surface area contributed by atoms with Gasteiger partial charge in [0.05, 0.1) is 0 Å². The molecule has 1 heterocycles. The second-order valence-corrected chi connectivity index (χ2v) is 12.2. The molecule has 0 aliphatic carbocycles. The van der Waals surface area contributed by atoms with Crippen LogP contribution in [0.25, 0.3) is 6.08 Å². The molecule has 0 bridgehead atoms. The van der Waals surface area contributed by atoms with E-state index in [4.69, 9.17) is 9.47 Å². The number of esters is 1. The van der Waals surface area contributed by atoms with Crippen LogP contribution in [0.3, 0.4) is 0 Å². The average Bonchev–Trinajstić information content (AvgIpc) is 2.92. The Hall–Kier alpha value is -3.73. The van der Waals surface area contributed by atoms with Gasteiger partial charge in [-0.2, -0.15) is 0 Å². The van der Waals surface area contributed by atoms with Crippen molar-refractivity contribution in [1.29, 1.82) is 0 Å². The Balaban J connectivity index is 1.56. The summed E-state index contributed by atoms with van der Waals surface area (Å²) in [6, 6.07) is 6.28. The molecule has 0 aromatic heterocycles. The Bertz CT molecular complexity index is 1390. The van der Waals surface area contributed by atoms with E-state index in [9.17, 15) is 15.0 Å². The Morgan fingerprint density at radius 3 is 2.26 bits per heavy atom. The molecule has 5 nitrogen and oxygen atoms in total. The first kappa shape index (κ1) is 32.8. The van der Waals surface area contributed by atoms with Crippen molar-refractivity contribution < 1.29 is 24.5 Å². The van der Waals surface area contributed by atoms with Crippen molar-refractivity contribution in [3.63, 3.8) is 0 Å². The van der Waals surface area contributed by atoms with Gasteiger partial charge < -0.3 is 19.7 Å². The summed E-state index contributed by atoms with van der Waals surface area (Å²) in [6.45, 7) is 14.9. The second-order valence-electron chi connectivity index (χ2n) is 12.2. The number of hydrogen-bond acceptors (Lipinski definition) is 5. The lowest BCUT2D eigenvalue weighted by atomic mass is 9.86. The van der Waals surface area contributed by atoms with E-state index in [1.807, 2.05) is 19.9 Å². The number of hydrogen-bond donors (Lipinski definition) is 2. The number of aryl methyl sites for hydroxylation is 1. The van der Waals surface area contributed by atoms with Gasteiger partial charge in [0, 0.05) is 6.08 Å². The maximum atomic E-state index is 12.5. The molecule has 1 unspecified atom stereocenters. The maximum Gasteiger partial charge on any atom is 0.336 e. The van der Waals surface area contributed by atoms with Crippen LogP contribution in [-0.2, 0) is 11.2 Å². The van der Waals surface area contributed by atoms with Crippen LogP contribution in [0, 0.1) is 13.8 Å². The molecule has 0 saturated heterocycles. The SMILES string of the molecule is CC(C)=CCCC(C)=CCCC(C)=CCCC1(C)CCc2cc(OC(=O)C=Cc3ccc(O)c(O)c3)c(C)c(C)c2O1. The van der Waals surface area contributed by atoms with Crippen LogP contribution in [0.15, 0.2) is 65.3 Å². The van der Waals surface area contributed by atoms with Gasteiger partial charge in [0.1, 0.15) is 17.1 Å². The van der Waals surface area contributed by atoms with Crippen molar-refractivity contribution in [2.75, 3.05) is 0 Å². The number of aromatic hydroxyl groups is 2. The highest BCUT2D eigenvalue weighted by molar-refractivity contribution is 5.89. The fourth-order valence-corrected chi connectivity index (χ4v) is 5.15. The standard InChI is InChI=1S/C37H48O5/c1-25(2)11-8-12-26(3)13-9-14-27(4)15-10-21-37(7)22-20-31-24-34(28(5)29(6)36(31)42-37)41-35(40)19-17-30-16-18-32(38)33(39)23-30/h11,13,15-19,23-24,38-39H,8-10,12,14,20-22H2,1-7H3. The average molecular weight is 573 g/mol. The number of carbonyl (C=O) groups is 1. The summed E-state index contributed by atoms with van der Waals surface area (Å²) in [7, 11) is 0. The number of ether oxygens (including phenoxy) is 2. The smallest absolute Gasteiger partial charge is 0.336 e. The number of fused-ring (bicyclic) bond motifs is 1. The summed E-state index contributed by atoms with van der Waals surface area (Å²) in [5, 5.41) is 19.1. The number of benzene rings is 2. The minimum absolute atomic E-state index is 0.209. The van der Waals surface area contributed by atoms with Crippen molar-refractivity contribution in [2.45, 2.75) is 105 Å². The molecule has 3 rings (SSSR count). The number of phenolic OH excluding ortho intramolecular Hbond substituents is 2. The zero-order valence-electron chi connectivity index (χ0n) is 26.5. The van der Waals surface area contributed by atoms with E-state index in [0.717, 1.165) is 73.8 Å². The van der Waals surface area contributed by atoms with Gasteiger partial charge in [-0.05, 0) is 146 Å². The van der Waals surface area contributed by atoms with Gasteiger partial charge in [-0.3, -0.25) is 0 Å². The first-order chi connectivity index (χ1) is 19.9. The molecule has 1 aliphatic rings. The van der Waals surface area contributed by atoms with Crippen LogP contribution in [0.1, 0.15) is 102 Å². The molecular weight excluding hydrogens is 524 g/mol. The van der Waals surface area contributed by atoms with Crippen LogP contribution in [0.4, 0.5) is 0 Å².